The van der Waals surface area contributed by atoms with Crippen molar-refractivity contribution in [2.45, 2.75) is 6.42 Å². The summed E-state index contributed by atoms with van der Waals surface area (Å²) in [6.45, 7) is 0. The Kier molecular flexibility index (Phi) is 5.17. The molecule has 0 radical (unpaired) electrons. The number of halogens is 1. The van der Waals surface area contributed by atoms with Crippen LogP contribution in [0.4, 0.5) is 5.69 Å². The smallest absolute Gasteiger partial charge is 0.228 e. The molecular weight excluding hydrogens is 374 g/mol. The summed E-state index contributed by atoms with van der Waals surface area (Å²) in [6, 6.07) is 16.6. The number of ether oxygens (including phenoxy) is 1. The zero-order chi connectivity index (χ0) is 19.3. The van der Waals surface area contributed by atoms with Crippen LogP contribution >= 0.6 is 11.6 Å². The standard InChI is InChI=1S/C22H16ClN3O2/c23-17-8-15(9-19(11-17)28-18-5-3-7-24-13-18)10-22(27)26-21-14-25-12-16-4-1-2-6-20(16)21/h1-9,11-14H,10H2,(H,26,27). The average molecular weight is 390 g/mol. The molecule has 0 aliphatic rings. The van der Waals surface area contributed by atoms with E-state index in [1.807, 2.05) is 24.3 Å². The number of carbonyl (C=O) groups excluding carboxylic acids is 1. The normalized spacial score (nSPS) is 10.6. The summed E-state index contributed by atoms with van der Waals surface area (Å²) >= 11 is 6.20. The highest BCUT2D eigenvalue weighted by molar-refractivity contribution is 6.30. The number of benzene rings is 2. The maximum atomic E-state index is 12.6. The van der Waals surface area contributed by atoms with Gasteiger partial charge in [-0.3, -0.25) is 14.8 Å². The van der Waals surface area contributed by atoms with Gasteiger partial charge in [0.25, 0.3) is 0 Å². The van der Waals surface area contributed by atoms with Crippen molar-refractivity contribution in [3.63, 3.8) is 0 Å². The monoisotopic (exact) mass is 389 g/mol. The van der Waals surface area contributed by atoms with E-state index in [4.69, 9.17) is 16.3 Å². The summed E-state index contributed by atoms with van der Waals surface area (Å²) in [5.41, 5.74) is 1.43. The van der Waals surface area contributed by atoms with Crippen LogP contribution in [0.1, 0.15) is 5.56 Å². The van der Waals surface area contributed by atoms with E-state index in [1.54, 1.807) is 55.1 Å². The number of anilines is 1. The predicted octanol–water partition coefficient (Wildman–Crippen LogP) is 5.26. The van der Waals surface area contributed by atoms with Crippen molar-refractivity contribution >= 4 is 34.0 Å². The van der Waals surface area contributed by atoms with Gasteiger partial charge in [0.05, 0.1) is 24.5 Å². The molecule has 0 saturated carbocycles. The first kappa shape index (κ1) is 17.9. The van der Waals surface area contributed by atoms with Crippen LogP contribution in [0.5, 0.6) is 11.5 Å². The number of rotatable bonds is 5. The van der Waals surface area contributed by atoms with Gasteiger partial charge in [-0.2, -0.15) is 0 Å². The Hall–Kier alpha value is -3.44. The fourth-order valence-corrected chi connectivity index (χ4v) is 3.17. The predicted molar refractivity (Wildman–Crippen MR) is 110 cm³/mol. The molecule has 6 heteroatoms. The average Bonchev–Trinajstić information content (AvgIpc) is 2.68. The first-order valence-electron chi connectivity index (χ1n) is 8.67. The molecule has 1 N–H and O–H groups in total. The number of fused-ring (bicyclic) bond motifs is 1. The highest BCUT2D eigenvalue weighted by atomic mass is 35.5. The van der Waals surface area contributed by atoms with Gasteiger partial charge in [0, 0.05) is 28.2 Å². The third-order valence-electron chi connectivity index (χ3n) is 4.11. The maximum Gasteiger partial charge on any atom is 0.228 e. The van der Waals surface area contributed by atoms with Crippen LogP contribution in [0.15, 0.2) is 79.4 Å². The van der Waals surface area contributed by atoms with Crippen molar-refractivity contribution in [1.29, 1.82) is 0 Å². The second-order valence-electron chi connectivity index (χ2n) is 6.22. The number of nitrogens with zero attached hydrogens (tertiary/aromatic N) is 2. The van der Waals surface area contributed by atoms with Gasteiger partial charge in [0.15, 0.2) is 0 Å². The van der Waals surface area contributed by atoms with E-state index < -0.39 is 0 Å². The first-order chi connectivity index (χ1) is 13.7. The third-order valence-corrected chi connectivity index (χ3v) is 4.33. The van der Waals surface area contributed by atoms with E-state index >= 15 is 0 Å². The van der Waals surface area contributed by atoms with E-state index in [0.29, 0.717) is 22.2 Å². The summed E-state index contributed by atoms with van der Waals surface area (Å²) in [5, 5.41) is 5.33. The zero-order valence-corrected chi connectivity index (χ0v) is 15.6. The summed E-state index contributed by atoms with van der Waals surface area (Å²) in [7, 11) is 0. The van der Waals surface area contributed by atoms with Crippen LogP contribution in [0.25, 0.3) is 10.8 Å². The highest BCUT2D eigenvalue weighted by Crippen LogP contribution is 2.27. The van der Waals surface area contributed by atoms with E-state index in [0.717, 1.165) is 16.3 Å². The van der Waals surface area contributed by atoms with Gasteiger partial charge in [0.1, 0.15) is 11.5 Å². The molecule has 2 aromatic carbocycles. The Morgan fingerprint density at radius 1 is 0.964 bits per heavy atom. The first-order valence-corrected chi connectivity index (χ1v) is 9.05. The number of amides is 1. The van der Waals surface area contributed by atoms with Crippen LogP contribution in [0.2, 0.25) is 5.02 Å². The molecule has 0 atom stereocenters. The third kappa shape index (κ3) is 4.27. The van der Waals surface area contributed by atoms with Crippen LogP contribution in [-0.4, -0.2) is 15.9 Å². The molecule has 0 saturated heterocycles. The molecule has 0 unspecified atom stereocenters. The lowest BCUT2D eigenvalue weighted by Crippen LogP contribution is -2.14. The number of hydrogen-bond donors (Lipinski definition) is 1. The summed E-state index contributed by atoms with van der Waals surface area (Å²) < 4.78 is 5.77. The lowest BCUT2D eigenvalue weighted by molar-refractivity contribution is -0.115. The summed E-state index contributed by atoms with van der Waals surface area (Å²) in [6.07, 6.45) is 6.86. The number of carbonyl (C=O) groups is 1. The highest BCUT2D eigenvalue weighted by Gasteiger charge is 2.10. The molecule has 4 aromatic rings. The number of aromatic nitrogens is 2. The van der Waals surface area contributed by atoms with E-state index in [9.17, 15) is 4.79 Å². The minimum Gasteiger partial charge on any atom is -0.456 e. The molecule has 28 heavy (non-hydrogen) atoms. The Morgan fingerprint density at radius 2 is 1.86 bits per heavy atom. The number of pyridine rings is 2. The fraction of sp³-hybridized carbons (Fsp3) is 0.0455. The number of hydrogen-bond acceptors (Lipinski definition) is 4. The van der Waals surface area contributed by atoms with Crippen LogP contribution < -0.4 is 10.1 Å². The number of nitrogens with one attached hydrogen (secondary N) is 1. The molecule has 5 nitrogen and oxygen atoms in total. The van der Waals surface area contributed by atoms with Gasteiger partial charge in [-0.15, -0.1) is 0 Å². The van der Waals surface area contributed by atoms with Gasteiger partial charge >= 0.3 is 0 Å². The molecule has 1 amide bonds. The molecule has 2 aromatic heterocycles. The lowest BCUT2D eigenvalue weighted by atomic mass is 10.1. The Balaban J connectivity index is 1.51. The van der Waals surface area contributed by atoms with Crippen molar-refractivity contribution in [2.75, 3.05) is 5.32 Å². The Morgan fingerprint density at radius 3 is 2.71 bits per heavy atom. The minimum atomic E-state index is -0.159. The quantitative estimate of drug-likeness (QED) is 0.506. The second-order valence-corrected chi connectivity index (χ2v) is 6.66. The molecule has 0 aliphatic heterocycles. The van der Waals surface area contributed by atoms with E-state index in [2.05, 4.69) is 15.3 Å². The summed E-state index contributed by atoms with van der Waals surface area (Å²) in [4.78, 5) is 20.8. The Bertz CT molecular complexity index is 1130. The van der Waals surface area contributed by atoms with Gasteiger partial charge in [0.2, 0.25) is 5.91 Å². The van der Waals surface area contributed by atoms with Gasteiger partial charge in [-0.05, 0) is 35.9 Å². The molecule has 138 valence electrons. The lowest BCUT2D eigenvalue weighted by Gasteiger charge is -2.10. The Labute approximate surface area is 167 Å². The molecule has 0 aliphatic carbocycles. The fourth-order valence-electron chi connectivity index (χ4n) is 2.92. The van der Waals surface area contributed by atoms with Crippen LogP contribution in [0.3, 0.4) is 0 Å². The maximum absolute atomic E-state index is 12.6. The molecule has 0 fully saturated rings. The van der Waals surface area contributed by atoms with Crippen molar-refractivity contribution in [3.05, 3.63) is 90.0 Å². The molecule has 2 heterocycles. The summed E-state index contributed by atoms with van der Waals surface area (Å²) in [5.74, 6) is 0.991. The minimum absolute atomic E-state index is 0.159. The van der Waals surface area contributed by atoms with E-state index in [1.165, 1.54) is 0 Å². The molecule has 0 bridgehead atoms. The SMILES string of the molecule is O=C(Cc1cc(Cl)cc(Oc2cccnc2)c1)Nc1cncc2ccccc12. The van der Waals surface area contributed by atoms with Crippen molar-refractivity contribution in [3.8, 4) is 11.5 Å². The molecular formula is C22H16ClN3O2. The topological polar surface area (TPSA) is 64.1 Å². The van der Waals surface area contributed by atoms with Crippen molar-refractivity contribution in [1.82, 2.24) is 9.97 Å². The molecule has 4 rings (SSSR count). The van der Waals surface area contributed by atoms with Crippen molar-refractivity contribution in [2.24, 2.45) is 0 Å². The van der Waals surface area contributed by atoms with Gasteiger partial charge < -0.3 is 10.1 Å². The largest absolute Gasteiger partial charge is 0.456 e. The second kappa shape index (κ2) is 8.06. The van der Waals surface area contributed by atoms with Gasteiger partial charge in [-0.1, -0.05) is 35.9 Å². The van der Waals surface area contributed by atoms with E-state index in [-0.39, 0.29) is 12.3 Å². The van der Waals surface area contributed by atoms with Crippen molar-refractivity contribution < 1.29 is 9.53 Å². The van der Waals surface area contributed by atoms with Crippen LogP contribution in [-0.2, 0) is 11.2 Å². The zero-order valence-electron chi connectivity index (χ0n) is 14.8. The van der Waals surface area contributed by atoms with Crippen LogP contribution in [0, 0.1) is 0 Å². The molecule has 0 spiro atoms. The van der Waals surface area contributed by atoms with Gasteiger partial charge in [-0.25, -0.2) is 0 Å².